The summed E-state index contributed by atoms with van der Waals surface area (Å²) < 4.78 is 0. The van der Waals surface area contributed by atoms with Crippen molar-refractivity contribution < 1.29 is 19.5 Å². The third kappa shape index (κ3) is 2.85. The van der Waals surface area contributed by atoms with Crippen LogP contribution in [0.4, 0.5) is 0 Å². The first-order valence-electron chi connectivity index (χ1n) is 5.55. The van der Waals surface area contributed by atoms with Crippen molar-refractivity contribution in [3.8, 4) is 0 Å². The second kappa shape index (κ2) is 5.27. The summed E-state index contributed by atoms with van der Waals surface area (Å²) in [5.41, 5.74) is 0.258. The molecule has 100 valence electrons. The summed E-state index contributed by atoms with van der Waals surface area (Å²) in [5, 5.41) is 11.9. The van der Waals surface area contributed by atoms with Crippen molar-refractivity contribution in [3.05, 3.63) is 34.9 Å². The average Bonchev–Trinajstić information content (AvgIpc) is 2.37. The van der Waals surface area contributed by atoms with Gasteiger partial charge in [-0.1, -0.05) is 17.7 Å². The molecule has 2 rings (SSSR count). The Morgan fingerprint density at radius 2 is 2.16 bits per heavy atom. The first kappa shape index (κ1) is 13.4. The summed E-state index contributed by atoms with van der Waals surface area (Å²) in [7, 11) is 0. The number of carbonyl (C=O) groups excluding carboxylic acids is 2. The van der Waals surface area contributed by atoms with E-state index in [0.717, 1.165) is 4.90 Å². The van der Waals surface area contributed by atoms with Gasteiger partial charge in [-0.2, -0.15) is 0 Å². The number of benzene rings is 1. The molecule has 0 bridgehead atoms. The van der Waals surface area contributed by atoms with Crippen LogP contribution in [0.15, 0.2) is 24.3 Å². The van der Waals surface area contributed by atoms with Gasteiger partial charge in [0, 0.05) is 17.1 Å². The molecular formula is C12H11ClN2O4. The zero-order valence-corrected chi connectivity index (χ0v) is 10.6. The topological polar surface area (TPSA) is 86.7 Å². The number of carboxylic acid groups (broad SMARTS) is 1. The van der Waals surface area contributed by atoms with E-state index >= 15 is 0 Å². The van der Waals surface area contributed by atoms with Crippen LogP contribution in [0.25, 0.3) is 0 Å². The average molecular weight is 283 g/mol. The zero-order chi connectivity index (χ0) is 14.0. The van der Waals surface area contributed by atoms with Crippen molar-refractivity contribution in [2.45, 2.75) is 6.04 Å². The number of aliphatic carboxylic acids is 1. The number of carboxylic acids is 1. The molecule has 6 nitrogen and oxygen atoms in total. The molecule has 1 aromatic rings. The van der Waals surface area contributed by atoms with Gasteiger partial charge in [-0.05, 0) is 18.2 Å². The zero-order valence-electron chi connectivity index (χ0n) is 9.80. The molecule has 1 heterocycles. The first-order valence-corrected chi connectivity index (χ1v) is 5.93. The number of hydrogen-bond acceptors (Lipinski definition) is 3. The van der Waals surface area contributed by atoms with Crippen LogP contribution >= 0.6 is 11.6 Å². The summed E-state index contributed by atoms with van der Waals surface area (Å²) in [5.74, 6) is -2.06. The standard InChI is InChI=1S/C12H11ClN2O4/c13-8-3-1-2-7(4-8)11(17)15-6-10(16)14-5-9(15)12(18)19/h1-4,9H,5-6H2,(H,14,16)(H,18,19). The highest BCUT2D eigenvalue weighted by Crippen LogP contribution is 2.15. The number of rotatable bonds is 2. The minimum absolute atomic E-state index is 0.0968. The molecule has 1 saturated heterocycles. The number of nitrogens with zero attached hydrogens (tertiary/aromatic N) is 1. The second-order valence-electron chi connectivity index (χ2n) is 4.10. The summed E-state index contributed by atoms with van der Waals surface area (Å²) in [4.78, 5) is 35.7. The lowest BCUT2D eigenvalue weighted by atomic mass is 10.1. The van der Waals surface area contributed by atoms with Crippen molar-refractivity contribution in [2.75, 3.05) is 13.1 Å². The number of hydrogen-bond donors (Lipinski definition) is 2. The maximum atomic E-state index is 12.2. The first-order chi connectivity index (χ1) is 8.99. The van der Waals surface area contributed by atoms with E-state index in [-0.39, 0.29) is 24.6 Å². The van der Waals surface area contributed by atoms with Gasteiger partial charge in [0.25, 0.3) is 5.91 Å². The Hall–Kier alpha value is -2.08. The van der Waals surface area contributed by atoms with E-state index in [2.05, 4.69) is 5.32 Å². The molecule has 0 aromatic heterocycles. The van der Waals surface area contributed by atoms with Gasteiger partial charge < -0.3 is 15.3 Å². The predicted molar refractivity (Wildman–Crippen MR) is 66.9 cm³/mol. The summed E-state index contributed by atoms with van der Waals surface area (Å²) in [6.45, 7) is -0.372. The number of piperazine rings is 1. The van der Waals surface area contributed by atoms with Crippen LogP contribution in [0, 0.1) is 0 Å². The molecule has 0 saturated carbocycles. The molecule has 1 fully saturated rings. The Morgan fingerprint density at radius 3 is 2.79 bits per heavy atom. The minimum atomic E-state index is -1.16. The molecule has 1 unspecified atom stereocenters. The van der Waals surface area contributed by atoms with E-state index in [1.54, 1.807) is 12.1 Å². The monoisotopic (exact) mass is 282 g/mol. The van der Waals surface area contributed by atoms with E-state index in [9.17, 15) is 14.4 Å². The summed E-state index contributed by atoms with van der Waals surface area (Å²) in [6.07, 6.45) is 0. The van der Waals surface area contributed by atoms with E-state index < -0.39 is 17.9 Å². The van der Waals surface area contributed by atoms with Gasteiger partial charge in [0.05, 0.1) is 0 Å². The summed E-state index contributed by atoms with van der Waals surface area (Å²) in [6, 6.07) is 5.10. The van der Waals surface area contributed by atoms with Crippen molar-refractivity contribution >= 4 is 29.4 Å². The smallest absolute Gasteiger partial charge is 0.328 e. The summed E-state index contributed by atoms with van der Waals surface area (Å²) >= 11 is 5.79. The lowest BCUT2D eigenvalue weighted by Gasteiger charge is -2.32. The molecule has 1 atom stereocenters. The number of amides is 2. The lowest BCUT2D eigenvalue weighted by molar-refractivity contribution is -0.144. The fourth-order valence-electron chi connectivity index (χ4n) is 1.86. The fourth-order valence-corrected chi connectivity index (χ4v) is 2.05. The van der Waals surface area contributed by atoms with Crippen LogP contribution in [0.1, 0.15) is 10.4 Å². The van der Waals surface area contributed by atoms with Crippen LogP contribution in [0.3, 0.4) is 0 Å². The highest BCUT2D eigenvalue weighted by molar-refractivity contribution is 6.31. The van der Waals surface area contributed by atoms with Crippen LogP contribution in [-0.2, 0) is 9.59 Å². The maximum absolute atomic E-state index is 12.2. The minimum Gasteiger partial charge on any atom is -0.480 e. The molecule has 0 spiro atoms. The maximum Gasteiger partial charge on any atom is 0.328 e. The van der Waals surface area contributed by atoms with Gasteiger partial charge in [-0.3, -0.25) is 9.59 Å². The molecule has 1 aliphatic heterocycles. The Kier molecular flexibility index (Phi) is 3.71. The van der Waals surface area contributed by atoms with Crippen molar-refractivity contribution in [1.82, 2.24) is 10.2 Å². The highest BCUT2D eigenvalue weighted by Gasteiger charge is 2.35. The molecule has 0 aliphatic carbocycles. The van der Waals surface area contributed by atoms with Gasteiger partial charge in [-0.15, -0.1) is 0 Å². The van der Waals surface area contributed by atoms with E-state index in [1.165, 1.54) is 12.1 Å². The SMILES string of the molecule is O=C1CN(C(=O)c2cccc(Cl)c2)C(C(=O)O)CN1. The Labute approximate surface area is 114 Å². The van der Waals surface area contributed by atoms with Crippen molar-refractivity contribution in [1.29, 1.82) is 0 Å². The van der Waals surface area contributed by atoms with Gasteiger partial charge >= 0.3 is 5.97 Å². The predicted octanol–water partition coefficient (Wildman–Crippen LogP) is 0.365. The van der Waals surface area contributed by atoms with Crippen molar-refractivity contribution in [3.63, 3.8) is 0 Å². The highest BCUT2D eigenvalue weighted by atomic mass is 35.5. The molecule has 19 heavy (non-hydrogen) atoms. The van der Waals surface area contributed by atoms with Crippen molar-refractivity contribution in [2.24, 2.45) is 0 Å². The molecule has 1 aliphatic rings. The van der Waals surface area contributed by atoms with Crippen LogP contribution in [0.2, 0.25) is 5.02 Å². The number of carbonyl (C=O) groups is 3. The largest absolute Gasteiger partial charge is 0.480 e. The fraction of sp³-hybridized carbons (Fsp3) is 0.250. The Bertz CT molecular complexity index is 546. The number of nitrogens with one attached hydrogen (secondary N) is 1. The normalized spacial score (nSPS) is 18.9. The van der Waals surface area contributed by atoms with Gasteiger partial charge in [-0.25, -0.2) is 4.79 Å². The Balaban J connectivity index is 2.28. The lowest BCUT2D eigenvalue weighted by Crippen LogP contribution is -2.59. The van der Waals surface area contributed by atoms with Crippen LogP contribution in [-0.4, -0.2) is 46.9 Å². The van der Waals surface area contributed by atoms with E-state index in [4.69, 9.17) is 16.7 Å². The molecule has 1 aromatic carbocycles. The molecule has 2 N–H and O–H groups in total. The molecular weight excluding hydrogens is 272 g/mol. The molecule has 7 heteroatoms. The Morgan fingerprint density at radius 1 is 1.42 bits per heavy atom. The van der Waals surface area contributed by atoms with E-state index in [0.29, 0.717) is 5.02 Å². The van der Waals surface area contributed by atoms with Crippen LogP contribution < -0.4 is 5.32 Å². The molecule has 0 radical (unpaired) electrons. The third-order valence-corrected chi connectivity index (χ3v) is 3.04. The van der Waals surface area contributed by atoms with Gasteiger partial charge in [0.15, 0.2) is 0 Å². The van der Waals surface area contributed by atoms with Crippen LogP contribution in [0.5, 0.6) is 0 Å². The quantitative estimate of drug-likeness (QED) is 0.820. The van der Waals surface area contributed by atoms with E-state index in [1.807, 2.05) is 0 Å². The van der Waals surface area contributed by atoms with Gasteiger partial charge in [0.1, 0.15) is 12.6 Å². The third-order valence-electron chi connectivity index (χ3n) is 2.80. The molecule has 2 amide bonds. The second-order valence-corrected chi connectivity index (χ2v) is 4.54. The number of halogens is 1. The van der Waals surface area contributed by atoms with Gasteiger partial charge in [0.2, 0.25) is 5.91 Å².